The topological polar surface area (TPSA) is 9.23 Å². The molecule has 1 heterocycles. The number of rotatable bonds is 0. The second kappa shape index (κ2) is 4.50. The first kappa shape index (κ1) is 9.58. The Balaban J connectivity index is 2.05. The third kappa shape index (κ3) is 2.51. The third-order valence-electron chi connectivity index (χ3n) is 2.15. The van der Waals surface area contributed by atoms with Crippen molar-refractivity contribution in [3.05, 3.63) is 34.9 Å². The van der Waals surface area contributed by atoms with Crippen LogP contribution >= 0.6 is 11.6 Å². The van der Waals surface area contributed by atoms with E-state index in [-0.39, 0.29) is 6.10 Å². The van der Waals surface area contributed by atoms with Crippen molar-refractivity contribution in [2.75, 3.05) is 6.61 Å². The monoisotopic (exact) mass is 206 g/mol. The Morgan fingerprint density at radius 3 is 2.71 bits per heavy atom. The van der Waals surface area contributed by atoms with Crippen molar-refractivity contribution in [1.82, 2.24) is 0 Å². The SMILES string of the molecule is Clc1ccc(C#C[C@@H]2CCCO2)cc1. The minimum absolute atomic E-state index is 0.130. The van der Waals surface area contributed by atoms with E-state index in [1.54, 1.807) is 0 Å². The van der Waals surface area contributed by atoms with Crippen molar-refractivity contribution in [2.45, 2.75) is 18.9 Å². The molecule has 1 aromatic carbocycles. The van der Waals surface area contributed by atoms with Crippen LogP contribution in [0, 0.1) is 11.8 Å². The van der Waals surface area contributed by atoms with E-state index in [1.807, 2.05) is 24.3 Å². The number of halogens is 1. The maximum atomic E-state index is 5.77. The molecule has 1 fully saturated rings. The fourth-order valence-electron chi connectivity index (χ4n) is 1.39. The molecular weight excluding hydrogens is 196 g/mol. The van der Waals surface area contributed by atoms with Gasteiger partial charge in [-0.05, 0) is 37.1 Å². The number of ether oxygens (including phenoxy) is 1. The lowest BCUT2D eigenvalue weighted by Crippen LogP contribution is -1.99. The van der Waals surface area contributed by atoms with E-state index in [0.29, 0.717) is 0 Å². The summed E-state index contributed by atoms with van der Waals surface area (Å²) in [7, 11) is 0. The van der Waals surface area contributed by atoms with Crippen LogP contribution in [-0.2, 0) is 4.74 Å². The molecule has 1 atom stereocenters. The zero-order valence-electron chi connectivity index (χ0n) is 7.79. The summed E-state index contributed by atoms with van der Waals surface area (Å²) < 4.78 is 5.40. The van der Waals surface area contributed by atoms with Crippen LogP contribution in [0.5, 0.6) is 0 Å². The van der Waals surface area contributed by atoms with E-state index in [4.69, 9.17) is 16.3 Å². The van der Waals surface area contributed by atoms with Gasteiger partial charge in [0.05, 0.1) is 0 Å². The normalized spacial score (nSPS) is 20.2. The quantitative estimate of drug-likeness (QED) is 0.594. The van der Waals surface area contributed by atoms with Crippen LogP contribution in [0.4, 0.5) is 0 Å². The van der Waals surface area contributed by atoms with Gasteiger partial charge in [-0.2, -0.15) is 0 Å². The van der Waals surface area contributed by atoms with E-state index in [1.165, 1.54) is 0 Å². The molecule has 0 N–H and O–H groups in total. The van der Waals surface area contributed by atoms with Crippen molar-refractivity contribution in [3.8, 4) is 11.8 Å². The summed E-state index contributed by atoms with van der Waals surface area (Å²) in [6.45, 7) is 0.847. The third-order valence-corrected chi connectivity index (χ3v) is 2.40. The van der Waals surface area contributed by atoms with E-state index in [2.05, 4.69) is 11.8 Å². The molecule has 72 valence electrons. The van der Waals surface area contributed by atoms with E-state index < -0.39 is 0 Å². The first-order valence-corrected chi connectivity index (χ1v) is 5.11. The highest BCUT2D eigenvalue weighted by molar-refractivity contribution is 6.30. The molecule has 2 rings (SSSR count). The van der Waals surface area contributed by atoms with Gasteiger partial charge in [-0.25, -0.2) is 0 Å². The van der Waals surface area contributed by atoms with Crippen molar-refractivity contribution in [2.24, 2.45) is 0 Å². The average molecular weight is 207 g/mol. The van der Waals surface area contributed by atoms with Crippen LogP contribution in [0.15, 0.2) is 24.3 Å². The molecule has 2 heteroatoms. The summed E-state index contributed by atoms with van der Waals surface area (Å²) in [5.74, 6) is 6.18. The highest BCUT2D eigenvalue weighted by Crippen LogP contribution is 2.12. The van der Waals surface area contributed by atoms with E-state index in [9.17, 15) is 0 Å². The summed E-state index contributed by atoms with van der Waals surface area (Å²) in [4.78, 5) is 0. The van der Waals surface area contributed by atoms with Gasteiger partial charge in [-0.1, -0.05) is 23.4 Å². The van der Waals surface area contributed by atoms with Gasteiger partial charge in [-0.15, -0.1) is 0 Å². The molecule has 0 bridgehead atoms. The maximum Gasteiger partial charge on any atom is 0.118 e. The molecule has 1 saturated heterocycles. The smallest absolute Gasteiger partial charge is 0.118 e. The Labute approximate surface area is 89.0 Å². The molecule has 0 aliphatic carbocycles. The molecule has 1 aliphatic heterocycles. The predicted molar refractivity (Wildman–Crippen MR) is 57.3 cm³/mol. The second-order valence-corrected chi connectivity index (χ2v) is 3.71. The molecule has 0 radical (unpaired) electrons. The summed E-state index contributed by atoms with van der Waals surface area (Å²) in [6, 6.07) is 7.54. The van der Waals surface area contributed by atoms with Crippen molar-refractivity contribution in [1.29, 1.82) is 0 Å². The predicted octanol–water partition coefficient (Wildman–Crippen LogP) is 2.87. The molecule has 0 spiro atoms. The highest BCUT2D eigenvalue weighted by atomic mass is 35.5. The van der Waals surface area contributed by atoms with Gasteiger partial charge in [-0.3, -0.25) is 0 Å². The molecule has 0 saturated carbocycles. The maximum absolute atomic E-state index is 5.77. The van der Waals surface area contributed by atoms with Crippen LogP contribution in [0.1, 0.15) is 18.4 Å². The van der Waals surface area contributed by atoms with Gasteiger partial charge < -0.3 is 4.74 Å². The van der Waals surface area contributed by atoms with Crippen LogP contribution in [0.25, 0.3) is 0 Å². The number of hydrogen-bond donors (Lipinski definition) is 0. The first-order chi connectivity index (χ1) is 6.84. The summed E-state index contributed by atoms with van der Waals surface area (Å²) in [5.41, 5.74) is 0.991. The summed E-state index contributed by atoms with van der Waals surface area (Å²) >= 11 is 5.77. The molecule has 1 nitrogen and oxygen atoms in total. The highest BCUT2D eigenvalue weighted by Gasteiger charge is 2.11. The number of benzene rings is 1. The van der Waals surface area contributed by atoms with E-state index in [0.717, 1.165) is 30.0 Å². The lowest BCUT2D eigenvalue weighted by Gasteiger charge is -1.97. The minimum Gasteiger partial charge on any atom is -0.366 e. The van der Waals surface area contributed by atoms with Gasteiger partial charge >= 0.3 is 0 Å². The van der Waals surface area contributed by atoms with Crippen molar-refractivity contribution >= 4 is 11.6 Å². The van der Waals surface area contributed by atoms with Crippen LogP contribution in [0.3, 0.4) is 0 Å². The Kier molecular flexibility index (Phi) is 3.08. The minimum atomic E-state index is 0.130. The van der Waals surface area contributed by atoms with Gasteiger partial charge in [0.15, 0.2) is 0 Å². The van der Waals surface area contributed by atoms with Crippen molar-refractivity contribution < 1.29 is 4.74 Å². The fraction of sp³-hybridized carbons (Fsp3) is 0.333. The molecule has 0 unspecified atom stereocenters. The van der Waals surface area contributed by atoms with Crippen LogP contribution < -0.4 is 0 Å². The molecule has 1 aliphatic rings. The standard InChI is InChI=1S/C12H11ClO/c13-11-6-3-10(4-7-11)5-8-12-2-1-9-14-12/h3-4,6-7,12H,1-2,9H2/t12-/m0/s1. The lowest BCUT2D eigenvalue weighted by atomic mass is 10.2. The Morgan fingerprint density at radius 1 is 1.29 bits per heavy atom. The average Bonchev–Trinajstić information content (AvgIpc) is 2.70. The molecule has 1 aromatic rings. The molecule has 0 aromatic heterocycles. The van der Waals surface area contributed by atoms with Gasteiger partial charge in [0.1, 0.15) is 6.10 Å². The Hall–Kier alpha value is -0.970. The zero-order chi connectivity index (χ0) is 9.80. The number of hydrogen-bond acceptors (Lipinski definition) is 1. The summed E-state index contributed by atoms with van der Waals surface area (Å²) in [5, 5.41) is 0.743. The van der Waals surface area contributed by atoms with E-state index >= 15 is 0 Å². The fourth-order valence-corrected chi connectivity index (χ4v) is 1.51. The second-order valence-electron chi connectivity index (χ2n) is 3.28. The molecule has 0 amide bonds. The van der Waals surface area contributed by atoms with Gasteiger partial charge in [0.25, 0.3) is 0 Å². The van der Waals surface area contributed by atoms with Gasteiger partial charge in [0.2, 0.25) is 0 Å². The largest absolute Gasteiger partial charge is 0.366 e. The lowest BCUT2D eigenvalue weighted by molar-refractivity contribution is 0.152. The Morgan fingerprint density at radius 2 is 2.07 bits per heavy atom. The van der Waals surface area contributed by atoms with Crippen LogP contribution in [-0.4, -0.2) is 12.7 Å². The molecule has 14 heavy (non-hydrogen) atoms. The van der Waals surface area contributed by atoms with Crippen LogP contribution in [0.2, 0.25) is 5.02 Å². The molecular formula is C12H11ClO. The zero-order valence-corrected chi connectivity index (χ0v) is 8.55. The first-order valence-electron chi connectivity index (χ1n) is 4.73. The summed E-state index contributed by atoms with van der Waals surface area (Å²) in [6.07, 6.45) is 2.31. The Bertz CT molecular complexity index is 352. The van der Waals surface area contributed by atoms with Gasteiger partial charge in [0, 0.05) is 17.2 Å². The van der Waals surface area contributed by atoms with Crippen molar-refractivity contribution in [3.63, 3.8) is 0 Å².